The molecule has 0 unspecified atom stereocenters. The van der Waals surface area contributed by atoms with E-state index in [9.17, 15) is 18.0 Å². The Morgan fingerprint density at radius 1 is 1.23 bits per heavy atom. The second-order valence-corrected chi connectivity index (χ2v) is 7.29. The highest BCUT2D eigenvalue weighted by atomic mass is 19.4. The summed E-state index contributed by atoms with van der Waals surface area (Å²) >= 11 is 0. The first kappa shape index (κ1) is 21.0. The minimum Gasteiger partial charge on any atom is -0.377 e. The van der Waals surface area contributed by atoms with Crippen molar-refractivity contribution in [3.63, 3.8) is 0 Å². The average molecular weight is 427 g/mol. The van der Waals surface area contributed by atoms with Crippen molar-refractivity contribution >= 4 is 22.5 Å². The molecule has 1 N–H and O–H groups in total. The molecule has 2 aromatic heterocycles. The lowest BCUT2D eigenvalue weighted by molar-refractivity contribution is -0.137. The standard InChI is InChI=1S/C23H20F3N3O2/c1-14-19(12-17-3-2-8-27-21(17)29-14)22(30)28-13-15-4-5-18(16-6-9-31-10-7-16)20(11-15)23(24,25)26/h2-6,8,11-12H,7,9-10,13H2,1H3,(H,28,30). The van der Waals surface area contributed by atoms with Crippen molar-refractivity contribution in [2.45, 2.75) is 26.1 Å². The zero-order chi connectivity index (χ0) is 22.0. The number of benzene rings is 1. The smallest absolute Gasteiger partial charge is 0.377 e. The predicted octanol–water partition coefficient (Wildman–Crippen LogP) is 4.69. The van der Waals surface area contributed by atoms with Gasteiger partial charge in [0.2, 0.25) is 0 Å². The van der Waals surface area contributed by atoms with Crippen LogP contribution in [0.1, 0.15) is 39.2 Å². The van der Waals surface area contributed by atoms with Gasteiger partial charge in [-0.25, -0.2) is 9.97 Å². The van der Waals surface area contributed by atoms with E-state index in [4.69, 9.17) is 4.74 Å². The summed E-state index contributed by atoms with van der Waals surface area (Å²) in [6.45, 7) is 2.37. The second-order valence-electron chi connectivity index (χ2n) is 7.29. The van der Waals surface area contributed by atoms with E-state index in [1.165, 1.54) is 6.07 Å². The van der Waals surface area contributed by atoms with Crippen LogP contribution in [0.15, 0.2) is 48.7 Å². The van der Waals surface area contributed by atoms with Gasteiger partial charge in [0.15, 0.2) is 5.65 Å². The minimum absolute atomic E-state index is 0.0329. The Morgan fingerprint density at radius 3 is 2.81 bits per heavy atom. The van der Waals surface area contributed by atoms with Crippen molar-refractivity contribution in [1.29, 1.82) is 0 Å². The average Bonchev–Trinajstić information content (AvgIpc) is 2.77. The van der Waals surface area contributed by atoms with E-state index in [0.29, 0.717) is 53.1 Å². The lowest BCUT2D eigenvalue weighted by Crippen LogP contribution is -2.24. The molecule has 1 aromatic carbocycles. The van der Waals surface area contributed by atoms with E-state index in [2.05, 4.69) is 15.3 Å². The van der Waals surface area contributed by atoms with Gasteiger partial charge in [-0.3, -0.25) is 4.79 Å². The molecule has 0 fully saturated rings. The number of amides is 1. The van der Waals surface area contributed by atoms with Gasteiger partial charge >= 0.3 is 6.18 Å². The molecule has 3 aromatic rings. The van der Waals surface area contributed by atoms with E-state index in [1.54, 1.807) is 43.5 Å². The summed E-state index contributed by atoms with van der Waals surface area (Å²) in [7, 11) is 0. The summed E-state index contributed by atoms with van der Waals surface area (Å²) in [4.78, 5) is 21.1. The number of halogens is 3. The Kier molecular flexibility index (Phi) is 5.73. The first-order chi connectivity index (χ1) is 14.8. The number of aromatic nitrogens is 2. The Morgan fingerprint density at radius 2 is 2.06 bits per heavy atom. The van der Waals surface area contributed by atoms with Crippen LogP contribution in [0, 0.1) is 6.92 Å². The van der Waals surface area contributed by atoms with Crippen molar-refractivity contribution in [3.8, 4) is 0 Å². The van der Waals surface area contributed by atoms with Crippen LogP contribution in [0.3, 0.4) is 0 Å². The molecule has 0 radical (unpaired) electrons. The molecular weight excluding hydrogens is 407 g/mol. The zero-order valence-corrected chi connectivity index (χ0v) is 16.8. The number of hydrogen-bond acceptors (Lipinski definition) is 4. The van der Waals surface area contributed by atoms with E-state index >= 15 is 0 Å². The van der Waals surface area contributed by atoms with E-state index in [-0.39, 0.29) is 12.1 Å². The number of rotatable bonds is 4. The third kappa shape index (κ3) is 4.59. The number of aryl methyl sites for hydroxylation is 1. The molecule has 160 valence electrons. The Labute approximate surface area is 177 Å². The maximum absolute atomic E-state index is 13.7. The zero-order valence-electron chi connectivity index (χ0n) is 16.8. The maximum Gasteiger partial charge on any atom is 0.417 e. The van der Waals surface area contributed by atoms with Crippen LogP contribution < -0.4 is 5.32 Å². The number of nitrogens with one attached hydrogen (secondary N) is 1. The monoisotopic (exact) mass is 427 g/mol. The SMILES string of the molecule is Cc1nc2ncccc2cc1C(=O)NCc1ccc(C2=CCOCC2)c(C(F)(F)F)c1. The molecule has 8 heteroatoms. The normalized spacial score (nSPS) is 14.4. The van der Waals surface area contributed by atoms with Gasteiger partial charge in [-0.15, -0.1) is 0 Å². The molecule has 1 aliphatic rings. The molecule has 0 atom stereocenters. The van der Waals surface area contributed by atoms with Gasteiger partial charge in [0.1, 0.15) is 0 Å². The third-order valence-corrected chi connectivity index (χ3v) is 5.18. The van der Waals surface area contributed by atoms with Crippen LogP contribution in [-0.2, 0) is 17.5 Å². The molecule has 1 amide bonds. The number of alkyl halides is 3. The van der Waals surface area contributed by atoms with Crippen LogP contribution in [0.2, 0.25) is 0 Å². The van der Waals surface area contributed by atoms with Crippen molar-refractivity contribution < 1.29 is 22.7 Å². The molecule has 0 saturated carbocycles. The van der Waals surface area contributed by atoms with E-state index in [0.717, 1.165) is 6.07 Å². The number of carbonyl (C=O) groups is 1. The van der Waals surface area contributed by atoms with Crippen molar-refractivity contribution in [2.75, 3.05) is 13.2 Å². The van der Waals surface area contributed by atoms with Crippen LogP contribution in [0.4, 0.5) is 13.2 Å². The molecule has 0 spiro atoms. The lowest BCUT2D eigenvalue weighted by Gasteiger charge is -2.19. The summed E-state index contributed by atoms with van der Waals surface area (Å²) in [5, 5.41) is 3.41. The van der Waals surface area contributed by atoms with Crippen molar-refractivity contribution in [2.24, 2.45) is 0 Å². The van der Waals surface area contributed by atoms with Gasteiger partial charge in [0, 0.05) is 18.1 Å². The Balaban J connectivity index is 1.56. The fourth-order valence-corrected chi connectivity index (χ4v) is 3.59. The molecule has 3 heterocycles. The van der Waals surface area contributed by atoms with Crippen LogP contribution in [0.5, 0.6) is 0 Å². The van der Waals surface area contributed by atoms with Crippen LogP contribution in [0.25, 0.3) is 16.6 Å². The second kappa shape index (κ2) is 8.47. The highest BCUT2D eigenvalue weighted by Crippen LogP contribution is 2.37. The number of fused-ring (bicyclic) bond motifs is 1. The number of ether oxygens (including phenoxy) is 1. The Hall–Kier alpha value is -3.26. The first-order valence-electron chi connectivity index (χ1n) is 9.81. The fourth-order valence-electron chi connectivity index (χ4n) is 3.59. The summed E-state index contributed by atoms with van der Waals surface area (Å²) in [6.07, 6.45) is -0.769. The molecule has 0 saturated heterocycles. The van der Waals surface area contributed by atoms with Gasteiger partial charge in [0.05, 0.1) is 30.0 Å². The molecule has 0 bridgehead atoms. The van der Waals surface area contributed by atoms with Gasteiger partial charge < -0.3 is 10.1 Å². The maximum atomic E-state index is 13.7. The molecule has 4 rings (SSSR count). The van der Waals surface area contributed by atoms with Crippen LogP contribution >= 0.6 is 0 Å². The van der Waals surface area contributed by atoms with Gasteiger partial charge in [-0.05, 0) is 54.3 Å². The highest BCUT2D eigenvalue weighted by molar-refractivity contribution is 5.98. The number of carbonyl (C=O) groups excluding carboxylic acids is 1. The summed E-state index contributed by atoms with van der Waals surface area (Å²) in [6, 6.07) is 9.40. The molecular formula is C23H20F3N3O2. The topological polar surface area (TPSA) is 64.1 Å². The molecule has 1 aliphatic heterocycles. The third-order valence-electron chi connectivity index (χ3n) is 5.18. The van der Waals surface area contributed by atoms with E-state index < -0.39 is 17.6 Å². The fraction of sp³-hybridized carbons (Fsp3) is 0.261. The van der Waals surface area contributed by atoms with Crippen molar-refractivity contribution in [3.05, 3.63) is 76.6 Å². The molecule has 31 heavy (non-hydrogen) atoms. The molecule has 5 nitrogen and oxygen atoms in total. The highest BCUT2D eigenvalue weighted by Gasteiger charge is 2.34. The minimum atomic E-state index is -4.50. The number of nitrogens with zero attached hydrogens (tertiary/aromatic N) is 2. The number of pyridine rings is 2. The summed E-state index contributed by atoms with van der Waals surface area (Å²) < 4.78 is 46.3. The molecule has 0 aliphatic carbocycles. The summed E-state index contributed by atoms with van der Waals surface area (Å²) in [5.74, 6) is -0.402. The lowest BCUT2D eigenvalue weighted by atomic mass is 9.94. The van der Waals surface area contributed by atoms with E-state index in [1.807, 2.05) is 0 Å². The van der Waals surface area contributed by atoms with Gasteiger partial charge in [-0.2, -0.15) is 13.2 Å². The van der Waals surface area contributed by atoms with Crippen LogP contribution in [-0.4, -0.2) is 29.1 Å². The predicted molar refractivity (Wildman–Crippen MR) is 110 cm³/mol. The number of hydrogen-bond donors (Lipinski definition) is 1. The Bertz CT molecular complexity index is 1170. The van der Waals surface area contributed by atoms with Crippen molar-refractivity contribution in [1.82, 2.24) is 15.3 Å². The van der Waals surface area contributed by atoms with Gasteiger partial charge in [-0.1, -0.05) is 18.2 Å². The summed E-state index contributed by atoms with van der Waals surface area (Å²) in [5.41, 5.74) is 1.84. The first-order valence-corrected chi connectivity index (χ1v) is 9.81. The quantitative estimate of drug-likeness (QED) is 0.656. The largest absolute Gasteiger partial charge is 0.417 e. The van der Waals surface area contributed by atoms with Gasteiger partial charge in [0.25, 0.3) is 5.91 Å².